The molecule has 5 rings (SSSR count). The van der Waals surface area contributed by atoms with Crippen molar-refractivity contribution in [3.63, 3.8) is 0 Å². The molecule has 10 nitrogen and oxygen atoms in total. The molecule has 1 amide bonds. The molecule has 2 aliphatic rings. The molecule has 3 aromatic rings. The van der Waals surface area contributed by atoms with Crippen molar-refractivity contribution in [2.45, 2.75) is 68.3 Å². The second-order valence-corrected chi connectivity index (χ2v) is 10.4. The zero-order valence-electron chi connectivity index (χ0n) is 22.5. The van der Waals surface area contributed by atoms with Crippen LogP contribution in [0.5, 0.6) is 0 Å². The van der Waals surface area contributed by atoms with E-state index < -0.39 is 78.4 Å². The third-order valence-electron chi connectivity index (χ3n) is 7.83. The van der Waals surface area contributed by atoms with Gasteiger partial charge >= 0.3 is 0 Å². The summed E-state index contributed by atoms with van der Waals surface area (Å²) in [5, 5.41) is 39.9. The van der Waals surface area contributed by atoms with E-state index >= 15 is 0 Å². The molecule has 1 aliphatic carbocycles. The van der Waals surface area contributed by atoms with Gasteiger partial charge in [0, 0.05) is 18.4 Å². The van der Waals surface area contributed by atoms with Crippen molar-refractivity contribution in [2.75, 3.05) is 18.6 Å². The molecule has 0 spiro atoms. The number of ether oxygens (including phenoxy) is 2. The largest absolute Gasteiger partial charge is 0.394 e. The first kappa shape index (κ1) is 30.0. The van der Waals surface area contributed by atoms with Gasteiger partial charge in [-0.25, -0.2) is 22.2 Å². The lowest BCUT2D eigenvalue weighted by molar-refractivity contribution is -0.211. The summed E-state index contributed by atoms with van der Waals surface area (Å²) in [5.74, 6) is -5.84. The third-order valence-corrected chi connectivity index (χ3v) is 7.83. The van der Waals surface area contributed by atoms with Crippen LogP contribution in [0.25, 0.3) is 11.3 Å². The molecule has 0 unspecified atom stereocenters. The molecule has 226 valence electrons. The predicted molar refractivity (Wildman–Crippen MR) is 139 cm³/mol. The van der Waals surface area contributed by atoms with E-state index in [0.717, 1.165) is 29.3 Å². The highest BCUT2D eigenvalue weighted by atomic mass is 19.2. The van der Waals surface area contributed by atoms with Gasteiger partial charge in [-0.05, 0) is 43.2 Å². The van der Waals surface area contributed by atoms with Crippen LogP contribution in [-0.4, -0.2) is 86.5 Å². The maximum absolute atomic E-state index is 14.3. The number of benzene rings is 2. The average molecular weight is 595 g/mol. The molecular weight excluding hydrogens is 564 g/mol. The first-order valence-electron chi connectivity index (χ1n) is 13.4. The smallest absolute Gasteiger partial charge is 0.259 e. The van der Waals surface area contributed by atoms with Crippen LogP contribution in [-0.2, 0) is 14.3 Å². The van der Waals surface area contributed by atoms with Gasteiger partial charge in [0.2, 0.25) is 0 Å². The Morgan fingerprint density at radius 2 is 1.83 bits per heavy atom. The molecule has 1 saturated heterocycles. The fraction of sp³-hybridized carbons (Fsp3) is 0.464. The predicted octanol–water partition coefficient (Wildman–Crippen LogP) is 2.51. The van der Waals surface area contributed by atoms with Crippen molar-refractivity contribution in [2.24, 2.45) is 0 Å². The molecule has 2 aromatic carbocycles. The third kappa shape index (κ3) is 5.64. The van der Waals surface area contributed by atoms with Crippen LogP contribution in [0, 0.1) is 23.3 Å². The molecule has 7 atom stereocenters. The van der Waals surface area contributed by atoms with Gasteiger partial charge in [-0.2, -0.15) is 0 Å². The summed E-state index contributed by atoms with van der Waals surface area (Å²) in [6.07, 6.45) is -2.90. The Morgan fingerprint density at radius 3 is 2.48 bits per heavy atom. The highest BCUT2D eigenvalue weighted by Crippen LogP contribution is 2.36. The number of aliphatic hydroxyl groups is 3. The summed E-state index contributed by atoms with van der Waals surface area (Å²) in [7, 11) is 1.26. The first-order valence-corrected chi connectivity index (χ1v) is 13.4. The summed E-state index contributed by atoms with van der Waals surface area (Å²) in [4.78, 5) is 15.5. The minimum atomic E-state index is -1.65. The van der Waals surface area contributed by atoms with Gasteiger partial charge in [-0.15, -0.1) is 5.10 Å². The second-order valence-electron chi connectivity index (χ2n) is 10.4. The number of hydrogen-bond acceptors (Lipinski definition) is 8. The van der Waals surface area contributed by atoms with Crippen LogP contribution in [0.1, 0.15) is 31.7 Å². The van der Waals surface area contributed by atoms with Crippen molar-refractivity contribution in [1.82, 2.24) is 15.0 Å². The van der Waals surface area contributed by atoms with Crippen LogP contribution in [0.3, 0.4) is 0 Å². The molecular formula is C28H30F4N4O6. The van der Waals surface area contributed by atoms with Gasteiger partial charge in [0.05, 0.1) is 24.9 Å². The molecule has 1 aromatic heterocycles. The molecule has 1 aliphatic heterocycles. The van der Waals surface area contributed by atoms with E-state index in [2.05, 4.69) is 10.3 Å². The number of nitrogens with zero attached hydrogens (tertiary/aromatic N) is 4. The fourth-order valence-electron chi connectivity index (χ4n) is 5.76. The number of aromatic nitrogens is 3. The maximum atomic E-state index is 14.3. The number of carbonyl (C=O) groups excluding carboxylic acids is 1. The summed E-state index contributed by atoms with van der Waals surface area (Å²) in [5.41, 5.74) is -0.0319. The van der Waals surface area contributed by atoms with E-state index in [1.54, 1.807) is 0 Å². The van der Waals surface area contributed by atoms with Crippen molar-refractivity contribution < 1.29 is 47.1 Å². The Labute approximate surface area is 238 Å². The number of hydrogen-bond donors (Lipinski definition) is 3. The van der Waals surface area contributed by atoms with Crippen LogP contribution in [0.2, 0.25) is 0 Å². The van der Waals surface area contributed by atoms with E-state index in [-0.39, 0.29) is 16.9 Å². The number of aliphatic hydroxyl groups excluding tert-OH is 3. The number of methoxy groups -OCH3 is 1. The lowest BCUT2D eigenvalue weighted by atomic mass is 9.88. The number of anilines is 1. The SMILES string of the molecule is CO[C@@H]1[C@@H](n2cc(-c3cc(F)c(F)c(F)c3)nn2)[C@@H](O)[C@@H](CO)O[C@H]1C(=O)N(c1cccc(F)c1)[C@H]1CCCC[C@@H]1O. The molecule has 3 N–H and O–H groups in total. The van der Waals surface area contributed by atoms with E-state index in [9.17, 15) is 37.7 Å². The quantitative estimate of drug-likeness (QED) is 0.281. The Hall–Kier alpha value is -3.43. The molecule has 14 heteroatoms. The molecule has 1 saturated carbocycles. The molecule has 0 radical (unpaired) electrons. The average Bonchev–Trinajstić information content (AvgIpc) is 3.46. The molecule has 42 heavy (non-hydrogen) atoms. The van der Waals surface area contributed by atoms with Crippen molar-refractivity contribution >= 4 is 11.6 Å². The summed E-state index contributed by atoms with van der Waals surface area (Å²) in [6, 6.07) is 4.86. The maximum Gasteiger partial charge on any atom is 0.259 e. The van der Waals surface area contributed by atoms with Crippen molar-refractivity contribution in [3.05, 3.63) is 65.9 Å². The van der Waals surface area contributed by atoms with Crippen molar-refractivity contribution in [3.8, 4) is 11.3 Å². The van der Waals surface area contributed by atoms with E-state index in [0.29, 0.717) is 19.3 Å². The standard InChI is InChI=1S/C28H30F4N4O6/c1-41-26-24(35-12-19(33-34-35)14-9-17(30)23(32)18(31)10-14)25(39)22(13-37)42-27(26)28(40)36(16-6-4-5-15(29)11-16)20-7-2-3-8-21(20)38/h4-6,9-12,20-22,24-27,37-39H,2-3,7-8,13H2,1H3/t20-,21-,22+,24-,25-,26+,27+/m0/s1. The Balaban J connectivity index is 1.53. The Morgan fingerprint density at radius 1 is 1.12 bits per heavy atom. The van der Waals surface area contributed by atoms with E-state index in [4.69, 9.17) is 9.47 Å². The lowest BCUT2D eigenvalue weighted by Gasteiger charge is -2.46. The van der Waals surface area contributed by atoms with Crippen LogP contribution < -0.4 is 4.90 Å². The van der Waals surface area contributed by atoms with Crippen molar-refractivity contribution in [1.29, 1.82) is 0 Å². The minimum Gasteiger partial charge on any atom is -0.394 e. The van der Waals surface area contributed by atoms with Crippen LogP contribution in [0.15, 0.2) is 42.6 Å². The lowest BCUT2D eigenvalue weighted by Crippen LogP contribution is -2.63. The number of rotatable bonds is 7. The fourth-order valence-corrected chi connectivity index (χ4v) is 5.76. The van der Waals surface area contributed by atoms with Crippen LogP contribution >= 0.6 is 0 Å². The number of halogens is 4. The summed E-state index contributed by atoms with van der Waals surface area (Å²) >= 11 is 0. The normalized spacial score (nSPS) is 28.0. The van der Waals surface area contributed by atoms with Gasteiger partial charge in [0.1, 0.15) is 35.9 Å². The zero-order valence-corrected chi connectivity index (χ0v) is 22.5. The monoisotopic (exact) mass is 594 g/mol. The van der Waals surface area contributed by atoms with Gasteiger partial charge in [-0.1, -0.05) is 24.1 Å². The van der Waals surface area contributed by atoms with E-state index in [1.807, 2.05) is 0 Å². The van der Waals surface area contributed by atoms with Gasteiger partial charge in [0.15, 0.2) is 23.6 Å². The second kappa shape index (κ2) is 12.4. The van der Waals surface area contributed by atoms with Gasteiger partial charge in [-0.3, -0.25) is 4.79 Å². The van der Waals surface area contributed by atoms with Crippen LogP contribution in [0.4, 0.5) is 23.2 Å². The molecule has 2 fully saturated rings. The van der Waals surface area contributed by atoms with Gasteiger partial charge in [0.25, 0.3) is 5.91 Å². The Kier molecular flexibility index (Phi) is 8.89. The summed E-state index contributed by atoms with van der Waals surface area (Å²) in [6.45, 7) is -0.708. The molecule has 2 heterocycles. The highest BCUT2D eigenvalue weighted by molar-refractivity contribution is 5.98. The highest BCUT2D eigenvalue weighted by Gasteiger charge is 2.52. The number of carbonyl (C=O) groups is 1. The van der Waals surface area contributed by atoms with Gasteiger partial charge < -0.3 is 29.7 Å². The van der Waals surface area contributed by atoms with E-state index in [1.165, 1.54) is 36.4 Å². The molecule has 0 bridgehead atoms. The minimum absolute atomic E-state index is 0.0727. The number of amides is 1. The zero-order chi connectivity index (χ0) is 30.1. The Bertz CT molecular complexity index is 1400. The summed E-state index contributed by atoms with van der Waals surface area (Å²) < 4.78 is 68.1. The topological polar surface area (TPSA) is 130 Å². The first-order chi connectivity index (χ1) is 20.1.